The Bertz CT molecular complexity index is 299. The Morgan fingerprint density at radius 3 is 2.14 bits per heavy atom. The van der Waals surface area contributed by atoms with Gasteiger partial charge in [0, 0.05) is 5.41 Å². The number of hydrogen-bond donors (Lipinski definition) is 0. The van der Waals surface area contributed by atoms with Crippen molar-refractivity contribution in [3.05, 3.63) is 30.3 Å². The second-order valence-electron chi connectivity index (χ2n) is 4.71. The molecule has 0 N–H and O–H groups in total. The Morgan fingerprint density at radius 1 is 1.07 bits per heavy atom. The monoisotopic (exact) mass is 190 g/mol. The molecular weight excluding hydrogens is 175 g/mol. The highest BCUT2D eigenvalue weighted by Crippen LogP contribution is 2.30. The lowest BCUT2D eigenvalue weighted by atomic mass is 9.74. The zero-order valence-corrected chi connectivity index (χ0v) is 8.86. The van der Waals surface area contributed by atoms with Crippen molar-refractivity contribution in [2.75, 3.05) is 0 Å². The van der Waals surface area contributed by atoms with Gasteiger partial charge < -0.3 is 9.31 Å². The Balaban J connectivity index is 1.96. The van der Waals surface area contributed by atoms with E-state index in [0.717, 1.165) is 5.46 Å². The minimum absolute atomic E-state index is 0.0608. The van der Waals surface area contributed by atoms with Crippen molar-refractivity contribution >= 4 is 12.6 Å². The van der Waals surface area contributed by atoms with Crippen LogP contribution >= 0.6 is 0 Å². The molecule has 0 bridgehead atoms. The smallest absolute Gasteiger partial charge is 0.382 e. The highest BCUT2D eigenvalue weighted by molar-refractivity contribution is 6.62. The van der Waals surface area contributed by atoms with Gasteiger partial charge >= 0.3 is 7.12 Å². The molecule has 0 radical (unpaired) electrons. The van der Waals surface area contributed by atoms with Crippen LogP contribution in [-0.2, 0) is 9.31 Å². The summed E-state index contributed by atoms with van der Waals surface area (Å²) in [6.45, 7) is 6.33. The molecule has 0 saturated carbocycles. The highest BCUT2D eigenvalue weighted by Gasteiger charge is 2.43. The van der Waals surface area contributed by atoms with Crippen molar-refractivity contribution in [3.8, 4) is 0 Å². The van der Waals surface area contributed by atoms with E-state index in [1.807, 2.05) is 30.3 Å². The van der Waals surface area contributed by atoms with Gasteiger partial charge in [-0.05, 0) is 5.46 Å². The molecule has 2 rings (SSSR count). The van der Waals surface area contributed by atoms with E-state index in [1.54, 1.807) is 0 Å². The largest absolute Gasteiger partial charge is 0.497 e. The van der Waals surface area contributed by atoms with E-state index >= 15 is 0 Å². The number of hydrogen-bond acceptors (Lipinski definition) is 2. The fraction of sp³-hybridized carbons (Fsp3) is 0.455. The van der Waals surface area contributed by atoms with Crippen LogP contribution in [-0.4, -0.2) is 13.4 Å². The summed E-state index contributed by atoms with van der Waals surface area (Å²) < 4.78 is 11.3. The molecule has 0 unspecified atom stereocenters. The lowest BCUT2D eigenvalue weighted by molar-refractivity contribution is -0.167. The van der Waals surface area contributed by atoms with Crippen molar-refractivity contribution in [2.45, 2.75) is 27.1 Å². The van der Waals surface area contributed by atoms with E-state index in [2.05, 4.69) is 20.8 Å². The third-order valence-corrected chi connectivity index (χ3v) is 2.27. The van der Waals surface area contributed by atoms with Gasteiger partial charge in [0.1, 0.15) is 6.29 Å². The highest BCUT2D eigenvalue weighted by atomic mass is 16.8. The molecule has 0 amide bonds. The average molecular weight is 190 g/mol. The first-order chi connectivity index (χ1) is 6.57. The Morgan fingerprint density at radius 2 is 1.64 bits per heavy atom. The van der Waals surface area contributed by atoms with E-state index < -0.39 is 0 Å². The molecule has 14 heavy (non-hydrogen) atoms. The van der Waals surface area contributed by atoms with Gasteiger partial charge in [-0.15, -0.1) is 0 Å². The summed E-state index contributed by atoms with van der Waals surface area (Å²) in [5, 5.41) is 0. The minimum atomic E-state index is -0.166. The maximum absolute atomic E-state index is 5.67. The van der Waals surface area contributed by atoms with Crippen LogP contribution in [0.15, 0.2) is 30.3 Å². The van der Waals surface area contributed by atoms with Crippen molar-refractivity contribution in [3.63, 3.8) is 0 Å². The van der Waals surface area contributed by atoms with Crippen LogP contribution in [0.2, 0.25) is 0 Å². The third kappa shape index (κ3) is 1.84. The second-order valence-corrected chi connectivity index (χ2v) is 4.71. The molecule has 1 aromatic carbocycles. The first-order valence-electron chi connectivity index (χ1n) is 4.93. The summed E-state index contributed by atoms with van der Waals surface area (Å²) in [5.41, 5.74) is 1.15. The maximum Gasteiger partial charge on any atom is 0.497 e. The molecule has 1 aliphatic rings. The maximum atomic E-state index is 5.67. The van der Waals surface area contributed by atoms with Crippen LogP contribution < -0.4 is 5.46 Å². The quantitative estimate of drug-likeness (QED) is 0.628. The molecule has 1 fully saturated rings. The SMILES string of the molecule is CC(C)(C)C1OB(c2ccccc2)O1. The first-order valence-corrected chi connectivity index (χ1v) is 4.93. The summed E-state index contributed by atoms with van der Waals surface area (Å²) in [6.07, 6.45) is -0.0762. The zero-order valence-electron chi connectivity index (χ0n) is 8.86. The van der Waals surface area contributed by atoms with Gasteiger partial charge in [-0.25, -0.2) is 0 Å². The molecule has 3 heteroatoms. The molecule has 0 aliphatic carbocycles. The summed E-state index contributed by atoms with van der Waals surface area (Å²) in [6, 6.07) is 10.0. The van der Waals surface area contributed by atoms with Crippen LogP contribution in [0.5, 0.6) is 0 Å². The van der Waals surface area contributed by atoms with Gasteiger partial charge in [-0.2, -0.15) is 0 Å². The molecule has 1 aromatic rings. The Kier molecular flexibility index (Phi) is 2.37. The van der Waals surface area contributed by atoms with E-state index in [1.165, 1.54) is 0 Å². The molecule has 0 aromatic heterocycles. The molecule has 74 valence electrons. The van der Waals surface area contributed by atoms with Gasteiger partial charge in [0.2, 0.25) is 0 Å². The summed E-state index contributed by atoms with van der Waals surface area (Å²) in [7, 11) is -0.166. The average Bonchev–Trinajstić information content (AvgIpc) is 2.00. The number of benzene rings is 1. The molecule has 1 heterocycles. The summed E-state index contributed by atoms with van der Waals surface area (Å²) >= 11 is 0. The normalized spacial score (nSPS) is 18.1. The Hall–Kier alpha value is -0.795. The lowest BCUT2D eigenvalue weighted by Crippen LogP contribution is -2.57. The van der Waals surface area contributed by atoms with Gasteiger partial charge in [0.25, 0.3) is 0 Å². The summed E-state index contributed by atoms with van der Waals surface area (Å²) in [5.74, 6) is 0. The fourth-order valence-electron chi connectivity index (χ4n) is 1.41. The molecule has 1 saturated heterocycles. The van der Waals surface area contributed by atoms with Crippen molar-refractivity contribution in [2.24, 2.45) is 5.41 Å². The van der Waals surface area contributed by atoms with Crippen molar-refractivity contribution in [1.82, 2.24) is 0 Å². The second kappa shape index (κ2) is 3.41. The third-order valence-electron chi connectivity index (χ3n) is 2.27. The topological polar surface area (TPSA) is 18.5 Å². The standard InChI is InChI=1S/C11H15BO2/c1-11(2,3)10-13-12(14-10)9-7-5-4-6-8-9/h4-8,10H,1-3H3. The Labute approximate surface area is 85.4 Å². The van der Waals surface area contributed by atoms with Gasteiger partial charge in [-0.3, -0.25) is 0 Å². The molecular formula is C11H15BO2. The van der Waals surface area contributed by atoms with Crippen LogP contribution in [0.25, 0.3) is 0 Å². The fourth-order valence-corrected chi connectivity index (χ4v) is 1.41. The van der Waals surface area contributed by atoms with Crippen molar-refractivity contribution in [1.29, 1.82) is 0 Å². The zero-order chi connectivity index (χ0) is 10.2. The molecule has 2 nitrogen and oxygen atoms in total. The molecule has 0 atom stereocenters. The van der Waals surface area contributed by atoms with E-state index in [9.17, 15) is 0 Å². The van der Waals surface area contributed by atoms with E-state index in [-0.39, 0.29) is 18.8 Å². The van der Waals surface area contributed by atoms with Gasteiger partial charge in [-0.1, -0.05) is 51.1 Å². The van der Waals surface area contributed by atoms with Crippen LogP contribution in [0.4, 0.5) is 0 Å². The van der Waals surface area contributed by atoms with E-state index in [4.69, 9.17) is 9.31 Å². The molecule has 0 spiro atoms. The van der Waals surface area contributed by atoms with Gasteiger partial charge in [0.05, 0.1) is 0 Å². The minimum Gasteiger partial charge on any atom is -0.382 e. The van der Waals surface area contributed by atoms with Crippen LogP contribution in [0, 0.1) is 5.41 Å². The van der Waals surface area contributed by atoms with Gasteiger partial charge in [0.15, 0.2) is 0 Å². The predicted molar refractivity (Wildman–Crippen MR) is 57.2 cm³/mol. The number of rotatable bonds is 1. The van der Waals surface area contributed by atoms with Crippen molar-refractivity contribution < 1.29 is 9.31 Å². The first kappa shape index (κ1) is 9.75. The van der Waals surface area contributed by atoms with Crippen LogP contribution in [0.3, 0.4) is 0 Å². The predicted octanol–water partition coefficient (Wildman–Crippen LogP) is 1.80. The lowest BCUT2D eigenvalue weighted by Gasteiger charge is -2.42. The summed E-state index contributed by atoms with van der Waals surface area (Å²) in [4.78, 5) is 0. The van der Waals surface area contributed by atoms with Crippen LogP contribution in [0.1, 0.15) is 20.8 Å². The molecule has 1 aliphatic heterocycles. The van der Waals surface area contributed by atoms with E-state index in [0.29, 0.717) is 0 Å².